The minimum atomic E-state index is -2.64. The summed E-state index contributed by atoms with van der Waals surface area (Å²) in [6, 6.07) is 18.5. The Hall–Kier alpha value is -3.79. The van der Waals surface area contributed by atoms with Crippen molar-refractivity contribution in [3.63, 3.8) is 0 Å². The molecule has 1 heterocycles. The number of carbonyl (C=O) groups is 2. The van der Waals surface area contributed by atoms with Crippen LogP contribution in [0.2, 0.25) is 0 Å². The van der Waals surface area contributed by atoms with Crippen LogP contribution in [0.3, 0.4) is 0 Å². The molecule has 0 saturated heterocycles. The maximum absolute atomic E-state index is 12.4. The molecule has 10 heteroatoms. The van der Waals surface area contributed by atoms with Crippen LogP contribution in [0.15, 0.2) is 69.8 Å². The zero-order valence-electron chi connectivity index (χ0n) is 20.1. The number of urea groups is 1. The topological polar surface area (TPSA) is 127 Å². The lowest BCUT2D eigenvalue weighted by Crippen LogP contribution is -2.34. The molecule has 0 bridgehead atoms. The lowest BCUT2D eigenvalue weighted by Gasteiger charge is -2.20. The third-order valence-electron chi connectivity index (χ3n) is 6.01. The van der Waals surface area contributed by atoms with Gasteiger partial charge in [0.25, 0.3) is 11.5 Å². The number of pyridine rings is 1. The molecule has 0 atom stereocenters. The van der Waals surface area contributed by atoms with Crippen LogP contribution in [0, 0.1) is 0 Å². The highest BCUT2D eigenvalue weighted by atomic mass is 32.2. The number of hydrogen-bond acceptors (Lipinski definition) is 5. The Morgan fingerprint density at radius 2 is 1.67 bits per heavy atom. The van der Waals surface area contributed by atoms with Crippen LogP contribution in [0.25, 0.3) is 10.9 Å². The molecule has 190 valence electrons. The summed E-state index contributed by atoms with van der Waals surface area (Å²) in [6.07, 6.45) is 5.95. The van der Waals surface area contributed by atoms with Gasteiger partial charge in [0, 0.05) is 19.6 Å². The lowest BCUT2D eigenvalue weighted by molar-refractivity contribution is 0.0952. The first kappa shape index (κ1) is 26.8. The summed E-state index contributed by atoms with van der Waals surface area (Å²) in [7, 11) is -0.951. The molecule has 1 aliphatic carbocycles. The average molecular weight is 511 g/mol. The molecule has 0 spiro atoms. The van der Waals surface area contributed by atoms with Crippen molar-refractivity contribution < 1.29 is 18.0 Å². The van der Waals surface area contributed by atoms with E-state index in [1.54, 1.807) is 13.1 Å². The fraction of sp³-hybridized carbons (Fsp3) is 0.346. The molecule has 1 aliphatic rings. The predicted molar refractivity (Wildman–Crippen MR) is 138 cm³/mol. The second kappa shape index (κ2) is 13.3. The number of carbonyl (C=O) groups excluding carboxylic acids is 2. The van der Waals surface area contributed by atoms with E-state index >= 15 is 0 Å². The molecule has 0 aliphatic heterocycles. The van der Waals surface area contributed by atoms with E-state index in [0.29, 0.717) is 6.54 Å². The monoisotopic (exact) mass is 510 g/mol. The van der Waals surface area contributed by atoms with Gasteiger partial charge in [-0.05, 0) is 42.3 Å². The Bertz CT molecular complexity index is 1390. The summed E-state index contributed by atoms with van der Waals surface area (Å²) in [6.45, 7) is 0.499. The molecule has 0 radical (unpaired) electrons. The molecule has 2 aromatic carbocycles. The Balaban J connectivity index is 0.000000236. The van der Waals surface area contributed by atoms with Crippen molar-refractivity contribution >= 4 is 33.3 Å². The summed E-state index contributed by atoms with van der Waals surface area (Å²) < 4.78 is 24.4. The van der Waals surface area contributed by atoms with Crippen LogP contribution < -0.4 is 16.2 Å². The highest BCUT2D eigenvalue weighted by Crippen LogP contribution is 2.17. The molecule has 1 aromatic heterocycles. The molecule has 36 heavy (non-hydrogen) atoms. The van der Waals surface area contributed by atoms with Gasteiger partial charge in [-0.25, -0.2) is 4.79 Å². The van der Waals surface area contributed by atoms with E-state index in [2.05, 4.69) is 15.0 Å². The molecule has 4 rings (SSSR count). The Morgan fingerprint density at radius 3 is 2.36 bits per heavy atom. The normalized spacial score (nSPS) is 13.2. The minimum absolute atomic E-state index is 0.105. The average Bonchev–Trinajstić information content (AvgIpc) is 2.87. The Morgan fingerprint density at radius 1 is 1.00 bits per heavy atom. The highest BCUT2D eigenvalue weighted by molar-refractivity contribution is 7.62. The Labute approximate surface area is 211 Å². The predicted octanol–water partition coefficient (Wildman–Crippen LogP) is 3.60. The van der Waals surface area contributed by atoms with Crippen LogP contribution >= 0.6 is 0 Å². The zero-order chi connectivity index (χ0) is 25.9. The number of benzene rings is 2. The van der Waals surface area contributed by atoms with Crippen LogP contribution in [0.5, 0.6) is 0 Å². The second-order valence-corrected chi connectivity index (χ2v) is 9.18. The maximum atomic E-state index is 12.4. The van der Waals surface area contributed by atoms with Crippen molar-refractivity contribution in [2.45, 2.75) is 44.6 Å². The number of aromatic nitrogens is 1. The standard InChI is InChI=1S/C19H18N2O2.C7H12N2O3S/c1-21-17-10-6-5-9-15(17)13-16(19(21)23)18(22)20-12-11-14-7-3-2-4-8-14;10-7(9-13(11)12)8-6-4-2-1-3-5-6/h2-10,13H,11-12H2,1H3,(H,20,22);6H,1-5H2,(H,8,10). The fourth-order valence-corrected chi connectivity index (χ4v) is 4.35. The minimum Gasteiger partial charge on any atom is -0.352 e. The van der Waals surface area contributed by atoms with Gasteiger partial charge >= 0.3 is 16.5 Å². The number of aryl methyl sites for hydroxylation is 1. The van der Waals surface area contributed by atoms with Gasteiger partial charge in [0.05, 0.1) is 5.52 Å². The third-order valence-corrected chi connectivity index (χ3v) is 6.32. The van der Waals surface area contributed by atoms with Gasteiger partial charge in [0.15, 0.2) is 0 Å². The van der Waals surface area contributed by atoms with Crippen molar-refractivity contribution in [3.05, 3.63) is 82.1 Å². The molecule has 1 saturated carbocycles. The number of nitrogens with zero attached hydrogens (tertiary/aromatic N) is 2. The van der Waals surface area contributed by atoms with Gasteiger partial charge in [-0.2, -0.15) is 8.42 Å². The maximum Gasteiger partial charge on any atom is 0.356 e. The number of rotatable bonds is 5. The lowest BCUT2D eigenvalue weighted by atomic mass is 9.96. The summed E-state index contributed by atoms with van der Waals surface area (Å²) in [5, 5.41) is 6.26. The number of para-hydroxylation sites is 1. The molecule has 0 unspecified atom stereocenters. The largest absolute Gasteiger partial charge is 0.356 e. The van der Waals surface area contributed by atoms with Gasteiger partial charge in [-0.1, -0.05) is 72.2 Å². The Kier molecular flexibility index (Phi) is 9.93. The summed E-state index contributed by atoms with van der Waals surface area (Å²) >= 11 is 0. The van der Waals surface area contributed by atoms with E-state index in [1.807, 2.05) is 54.6 Å². The SMILES string of the molecule is Cn1c(=O)c(C(=O)NCCc2ccccc2)cc2ccccc21.O=C(N=S(=O)=O)NC1CCCCC1. The van der Waals surface area contributed by atoms with E-state index < -0.39 is 16.5 Å². The summed E-state index contributed by atoms with van der Waals surface area (Å²) in [5.41, 5.74) is 1.87. The van der Waals surface area contributed by atoms with E-state index in [4.69, 9.17) is 0 Å². The van der Waals surface area contributed by atoms with Crippen molar-refractivity contribution in [2.75, 3.05) is 6.54 Å². The van der Waals surface area contributed by atoms with E-state index in [9.17, 15) is 22.8 Å². The number of nitrogens with one attached hydrogen (secondary N) is 2. The van der Waals surface area contributed by atoms with Crippen molar-refractivity contribution in [2.24, 2.45) is 11.4 Å². The van der Waals surface area contributed by atoms with E-state index in [0.717, 1.165) is 48.6 Å². The molecule has 1 fully saturated rings. The van der Waals surface area contributed by atoms with Crippen molar-refractivity contribution in [3.8, 4) is 0 Å². The highest BCUT2D eigenvalue weighted by Gasteiger charge is 2.15. The van der Waals surface area contributed by atoms with Crippen LogP contribution in [0.4, 0.5) is 4.79 Å². The fourth-order valence-electron chi connectivity index (χ4n) is 4.16. The second-order valence-electron chi connectivity index (χ2n) is 8.57. The molecule has 3 amide bonds. The molecular weight excluding hydrogens is 480 g/mol. The quantitative estimate of drug-likeness (QED) is 0.542. The molecule has 3 aromatic rings. The summed E-state index contributed by atoms with van der Waals surface area (Å²) in [5.74, 6) is -0.327. The smallest absolute Gasteiger partial charge is 0.352 e. The van der Waals surface area contributed by atoms with Crippen molar-refractivity contribution in [1.82, 2.24) is 15.2 Å². The first-order valence-electron chi connectivity index (χ1n) is 11.9. The van der Waals surface area contributed by atoms with Gasteiger partial charge in [0.2, 0.25) is 0 Å². The first-order chi connectivity index (χ1) is 17.3. The molecular formula is C26H30N4O5S. The van der Waals surface area contributed by atoms with Gasteiger partial charge in [-0.3, -0.25) is 9.59 Å². The molecule has 2 N–H and O–H groups in total. The zero-order valence-corrected chi connectivity index (χ0v) is 21.0. The van der Waals surface area contributed by atoms with Crippen LogP contribution in [-0.4, -0.2) is 37.5 Å². The third kappa shape index (κ3) is 7.88. The van der Waals surface area contributed by atoms with Gasteiger partial charge in [-0.15, -0.1) is 0 Å². The van der Waals surface area contributed by atoms with E-state index in [1.165, 1.54) is 11.0 Å². The van der Waals surface area contributed by atoms with Gasteiger partial charge in [0.1, 0.15) is 5.56 Å². The van der Waals surface area contributed by atoms with E-state index in [-0.39, 0.29) is 23.1 Å². The van der Waals surface area contributed by atoms with Crippen LogP contribution in [-0.2, 0) is 24.0 Å². The number of amides is 3. The van der Waals surface area contributed by atoms with Crippen LogP contribution in [0.1, 0.15) is 48.0 Å². The number of fused-ring (bicyclic) bond motifs is 1. The summed E-state index contributed by atoms with van der Waals surface area (Å²) in [4.78, 5) is 35.5. The number of hydrogen-bond donors (Lipinski definition) is 2. The van der Waals surface area contributed by atoms with Crippen molar-refractivity contribution in [1.29, 1.82) is 0 Å². The first-order valence-corrected chi connectivity index (χ1v) is 12.9. The molecule has 9 nitrogen and oxygen atoms in total. The van der Waals surface area contributed by atoms with Gasteiger partial charge < -0.3 is 15.2 Å².